The van der Waals surface area contributed by atoms with Gasteiger partial charge in [0.2, 0.25) is 0 Å². The van der Waals surface area contributed by atoms with Crippen LogP contribution < -0.4 is 30.6 Å². The summed E-state index contributed by atoms with van der Waals surface area (Å²) >= 11 is 0. The summed E-state index contributed by atoms with van der Waals surface area (Å²) in [4.78, 5) is 67.9. The van der Waals surface area contributed by atoms with Crippen molar-refractivity contribution < 1.29 is 121 Å². The molecule has 0 amide bonds. The summed E-state index contributed by atoms with van der Waals surface area (Å²) in [6.45, 7) is 0. The van der Waals surface area contributed by atoms with Crippen LogP contribution in [0, 0.1) is 0 Å². The number of carbonyl (C=O) groups excluding carboxylic acids is 3. The van der Waals surface area contributed by atoms with Crippen LogP contribution in [0.3, 0.4) is 0 Å². The Kier molecular flexibility index (Phi) is 82.6. The van der Waals surface area contributed by atoms with Crippen LogP contribution in [0.15, 0.2) is 0 Å². The van der Waals surface area contributed by atoms with Gasteiger partial charge >= 0.3 is 61.6 Å². The standard InChI is InChI=1S/3CH2O3.2Fe.3H2O3Si/c3*2-1(3)4;;;3*1-4(2)3/h3*(H2,2,3,4);;;3*1-2H/q;;;2*+3;;;/p-6. The van der Waals surface area contributed by atoms with Gasteiger partial charge < -0.3 is 73.8 Å². The molecule has 0 fully saturated rings. The molecule has 0 aliphatic rings. The molecule has 23 heteroatoms. The number of carbonyl (C=O) groups is 3. The first-order valence-electron chi connectivity index (χ1n) is 3.79. The maximum atomic E-state index is 8.74. The van der Waals surface area contributed by atoms with Crippen molar-refractivity contribution in [2.24, 2.45) is 0 Å². The van der Waals surface area contributed by atoms with Crippen molar-refractivity contribution >= 4 is 46.0 Å². The number of rotatable bonds is 0. The van der Waals surface area contributed by atoms with Crippen molar-refractivity contribution in [3.8, 4) is 0 Å². The molecule has 154 valence electrons. The van der Waals surface area contributed by atoms with Gasteiger partial charge in [0.1, 0.15) is 0 Å². The molecule has 0 aromatic rings. The van der Waals surface area contributed by atoms with Gasteiger partial charge in [-0.2, -0.15) is 0 Å². The third-order valence-electron chi connectivity index (χ3n) is 0. The van der Waals surface area contributed by atoms with Crippen LogP contribution in [0.1, 0.15) is 0 Å². The Hall–Kier alpha value is -2.30. The molecule has 0 saturated heterocycles. The summed E-state index contributed by atoms with van der Waals surface area (Å²) in [6, 6.07) is 0. The van der Waals surface area contributed by atoms with E-state index in [0.717, 1.165) is 0 Å². The van der Waals surface area contributed by atoms with Crippen LogP contribution in [0.5, 0.6) is 0 Å². The minimum Gasteiger partial charge on any atom is -0.652 e. The molecule has 0 atom stereocenters. The van der Waals surface area contributed by atoms with Gasteiger partial charge in [-0.15, -0.1) is 0 Å². The molecule has 0 unspecified atom stereocenters. The first-order valence-corrected chi connectivity index (χ1v) is 7.70. The van der Waals surface area contributed by atoms with E-state index < -0.39 is 46.0 Å². The summed E-state index contributed by atoms with van der Waals surface area (Å²) in [5.74, 6) is 0. The zero-order valence-electron chi connectivity index (χ0n) is 11.3. The van der Waals surface area contributed by atoms with Crippen LogP contribution in [-0.4, -0.2) is 74.8 Å². The van der Waals surface area contributed by atoms with Gasteiger partial charge in [-0.05, 0) is 18.5 Å². The molecule has 0 spiro atoms. The maximum Gasteiger partial charge on any atom is 3.00 e. The molecule has 18 nitrogen and oxygen atoms in total. The molecule has 0 aliphatic carbocycles. The molecule has 0 aromatic carbocycles. The van der Waals surface area contributed by atoms with E-state index in [1.807, 2.05) is 0 Å². The molecule has 0 rings (SSSR count). The number of hydrogen-bond donors (Lipinski definition) is 6. The predicted molar refractivity (Wildman–Crippen MR) is 48.8 cm³/mol. The molecular weight excluding hydrogens is 520 g/mol. The van der Waals surface area contributed by atoms with Gasteiger partial charge in [-0.25, -0.2) is 0 Å². The van der Waals surface area contributed by atoms with Gasteiger partial charge in [0.15, 0.2) is 0 Å². The first kappa shape index (κ1) is 49.5. The molecular formula is C3H6Fe2O18Si3. The summed E-state index contributed by atoms with van der Waals surface area (Å²) < 4.78 is 26.2. The second-order valence-electron chi connectivity index (χ2n) is 1.60. The van der Waals surface area contributed by atoms with Gasteiger partial charge in [0.05, 0.1) is 0 Å². The normalized spacial score (nSPS) is 5.54. The van der Waals surface area contributed by atoms with E-state index in [9.17, 15) is 0 Å². The number of carboxylic acid groups (broad SMARTS) is 6. The largest absolute Gasteiger partial charge is 3.00 e. The maximum absolute atomic E-state index is 8.74. The van der Waals surface area contributed by atoms with E-state index in [1.165, 1.54) is 0 Å². The van der Waals surface area contributed by atoms with Crippen molar-refractivity contribution in [2.75, 3.05) is 0 Å². The van der Waals surface area contributed by atoms with Crippen LogP contribution >= 0.6 is 0 Å². The quantitative estimate of drug-likeness (QED) is 0.159. The van der Waals surface area contributed by atoms with Crippen molar-refractivity contribution in [2.45, 2.75) is 0 Å². The SMILES string of the molecule is O=C([O-])[O-].O=C([O-])[O-].O=C([O-])[O-].O=[Si](O)O.O=[Si](O)O.O=[Si](O)O.[Fe+3].[Fe+3]. The topological polar surface area (TPSA) is 362 Å². The van der Waals surface area contributed by atoms with Crippen molar-refractivity contribution in [3.63, 3.8) is 0 Å². The van der Waals surface area contributed by atoms with E-state index in [2.05, 4.69) is 0 Å². The fourth-order valence-corrected chi connectivity index (χ4v) is 0. The summed E-state index contributed by atoms with van der Waals surface area (Å²) in [5, 5.41) is 50.0. The molecule has 0 aliphatic heterocycles. The zero-order valence-corrected chi connectivity index (χ0v) is 16.5. The van der Waals surface area contributed by atoms with Crippen LogP contribution in [0.2, 0.25) is 0 Å². The van der Waals surface area contributed by atoms with Gasteiger partial charge in [-0.1, -0.05) is 0 Å². The fourth-order valence-electron chi connectivity index (χ4n) is 0. The van der Waals surface area contributed by atoms with E-state index in [4.69, 9.17) is 87.2 Å². The van der Waals surface area contributed by atoms with E-state index in [-0.39, 0.29) is 34.1 Å². The Bertz CT molecular complexity index is 267. The first-order chi connectivity index (χ1) is 10.4. The molecule has 0 bridgehead atoms. The summed E-state index contributed by atoms with van der Waals surface area (Å²) in [5.41, 5.74) is 0. The van der Waals surface area contributed by atoms with Crippen LogP contribution in [-0.2, 0) is 47.5 Å². The summed E-state index contributed by atoms with van der Waals surface area (Å²) in [6.07, 6.45) is -7.00. The molecule has 26 heavy (non-hydrogen) atoms. The van der Waals surface area contributed by atoms with Crippen molar-refractivity contribution in [1.82, 2.24) is 0 Å². The van der Waals surface area contributed by atoms with E-state index >= 15 is 0 Å². The molecule has 0 heterocycles. The third-order valence-corrected chi connectivity index (χ3v) is 0. The molecule has 0 saturated carbocycles. The van der Waals surface area contributed by atoms with Crippen LogP contribution in [0.4, 0.5) is 14.4 Å². The Balaban J connectivity index is -0.0000000245. The van der Waals surface area contributed by atoms with Gasteiger partial charge in [-0.3, -0.25) is 13.4 Å². The Morgan fingerprint density at radius 2 is 0.462 bits per heavy atom. The van der Waals surface area contributed by atoms with Crippen LogP contribution in [0.25, 0.3) is 0 Å². The summed E-state index contributed by atoms with van der Waals surface area (Å²) in [7, 11) is -9.39. The third kappa shape index (κ3) is 1760. The average molecular weight is 526 g/mol. The Morgan fingerprint density at radius 3 is 0.462 bits per heavy atom. The fraction of sp³-hybridized carbons (Fsp3) is 0. The second kappa shape index (κ2) is 43.4. The predicted octanol–water partition coefficient (Wildman–Crippen LogP) is -12.2. The van der Waals surface area contributed by atoms with Crippen molar-refractivity contribution in [1.29, 1.82) is 0 Å². The Labute approximate surface area is 167 Å². The molecule has 0 aromatic heterocycles. The Morgan fingerprint density at radius 1 is 0.462 bits per heavy atom. The van der Waals surface area contributed by atoms with E-state index in [1.54, 1.807) is 0 Å². The second-order valence-corrected chi connectivity index (χ2v) is 3.29. The molecule has 6 N–H and O–H groups in total. The van der Waals surface area contributed by atoms with Gasteiger partial charge in [0, 0.05) is 0 Å². The smallest absolute Gasteiger partial charge is 0.652 e. The minimum atomic E-state index is -3.13. The van der Waals surface area contributed by atoms with Gasteiger partial charge in [0.25, 0.3) is 0 Å². The monoisotopic (exact) mass is 526 g/mol. The minimum absolute atomic E-state index is 0. The average Bonchev–Trinajstić information content (AvgIpc) is 2.08. The molecule has 2 radical (unpaired) electrons. The number of hydrogen-bond acceptors (Lipinski definition) is 12. The zero-order chi connectivity index (χ0) is 21.5. The van der Waals surface area contributed by atoms with Crippen molar-refractivity contribution in [3.05, 3.63) is 0 Å². The van der Waals surface area contributed by atoms with E-state index in [0.29, 0.717) is 0 Å².